The van der Waals surface area contributed by atoms with Crippen LogP contribution in [0.15, 0.2) is 18.3 Å². The molecule has 1 N–H and O–H groups in total. The summed E-state index contributed by atoms with van der Waals surface area (Å²) in [5, 5.41) is 11.8. The Bertz CT molecular complexity index is 332. The summed E-state index contributed by atoms with van der Waals surface area (Å²) in [4.78, 5) is 4.09. The molecule has 0 amide bonds. The van der Waals surface area contributed by atoms with E-state index in [4.69, 9.17) is 10.00 Å². The first kappa shape index (κ1) is 10.5. The number of hydrogen-bond donors (Lipinski definition) is 1. The normalized spacial score (nSPS) is 11.8. The summed E-state index contributed by atoms with van der Waals surface area (Å²) in [5.41, 5.74) is 0.604. The van der Waals surface area contributed by atoms with Crippen molar-refractivity contribution >= 4 is 5.82 Å². The maximum Gasteiger partial charge on any atom is 0.127 e. The second kappa shape index (κ2) is 5.20. The van der Waals surface area contributed by atoms with Crippen molar-refractivity contribution in [2.75, 3.05) is 19.0 Å². The first-order valence-corrected chi connectivity index (χ1v) is 4.38. The fraction of sp³-hybridized carbons (Fsp3) is 0.400. The quantitative estimate of drug-likeness (QED) is 0.781. The third-order valence-corrected chi connectivity index (χ3v) is 1.70. The van der Waals surface area contributed by atoms with Crippen molar-refractivity contribution in [1.82, 2.24) is 4.98 Å². The van der Waals surface area contributed by atoms with Gasteiger partial charge in [-0.3, -0.25) is 0 Å². The van der Waals surface area contributed by atoms with Crippen molar-refractivity contribution in [3.05, 3.63) is 23.9 Å². The van der Waals surface area contributed by atoms with Crippen LogP contribution >= 0.6 is 0 Å². The molecule has 74 valence electrons. The summed E-state index contributed by atoms with van der Waals surface area (Å²) < 4.78 is 4.98. The average molecular weight is 191 g/mol. The molecule has 1 heterocycles. The zero-order chi connectivity index (χ0) is 10.4. The zero-order valence-corrected chi connectivity index (χ0v) is 8.32. The van der Waals surface area contributed by atoms with Crippen molar-refractivity contribution in [2.45, 2.75) is 13.0 Å². The van der Waals surface area contributed by atoms with Gasteiger partial charge in [0.05, 0.1) is 18.2 Å². The van der Waals surface area contributed by atoms with Crippen LogP contribution in [0.2, 0.25) is 0 Å². The molecule has 1 atom stereocenters. The second-order valence-corrected chi connectivity index (χ2v) is 3.04. The van der Waals surface area contributed by atoms with Crippen molar-refractivity contribution < 1.29 is 4.74 Å². The molecule has 0 spiro atoms. The van der Waals surface area contributed by atoms with Crippen LogP contribution in [0.25, 0.3) is 0 Å². The lowest BCUT2D eigenvalue weighted by Gasteiger charge is -2.12. The molecule has 0 aromatic carbocycles. The molecule has 0 saturated heterocycles. The van der Waals surface area contributed by atoms with Gasteiger partial charge in [0.1, 0.15) is 5.82 Å². The molecule has 1 aromatic rings. The number of anilines is 1. The van der Waals surface area contributed by atoms with Crippen molar-refractivity contribution in [1.29, 1.82) is 5.26 Å². The van der Waals surface area contributed by atoms with E-state index in [1.165, 1.54) is 0 Å². The number of nitrogens with one attached hydrogen (secondary N) is 1. The Morgan fingerprint density at radius 3 is 3.14 bits per heavy atom. The minimum Gasteiger partial charge on any atom is -0.383 e. The SMILES string of the molecule is COCC(C)Nc1cc(C#N)ccn1. The number of aromatic nitrogens is 1. The van der Waals surface area contributed by atoms with Gasteiger partial charge in [-0.25, -0.2) is 4.98 Å². The highest BCUT2D eigenvalue weighted by Crippen LogP contribution is 2.06. The number of hydrogen-bond acceptors (Lipinski definition) is 4. The monoisotopic (exact) mass is 191 g/mol. The van der Waals surface area contributed by atoms with Gasteiger partial charge in [-0.1, -0.05) is 0 Å². The molecule has 0 aliphatic heterocycles. The summed E-state index contributed by atoms with van der Waals surface area (Å²) in [5.74, 6) is 0.702. The Hall–Kier alpha value is -1.60. The number of rotatable bonds is 4. The fourth-order valence-electron chi connectivity index (χ4n) is 1.12. The van der Waals surface area contributed by atoms with E-state index in [2.05, 4.69) is 16.4 Å². The van der Waals surface area contributed by atoms with Gasteiger partial charge in [-0.15, -0.1) is 0 Å². The number of nitriles is 1. The summed E-state index contributed by atoms with van der Waals surface area (Å²) in [7, 11) is 1.65. The van der Waals surface area contributed by atoms with E-state index in [-0.39, 0.29) is 6.04 Å². The van der Waals surface area contributed by atoms with E-state index >= 15 is 0 Å². The largest absolute Gasteiger partial charge is 0.383 e. The van der Waals surface area contributed by atoms with Gasteiger partial charge in [-0.2, -0.15) is 5.26 Å². The lowest BCUT2D eigenvalue weighted by Crippen LogP contribution is -2.21. The molecular formula is C10H13N3O. The van der Waals surface area contributed by atoms with Crippen LogP contribution in [-0.2, 0) is 4.74 Å². The van der Waals surface area contributed by atoms with E-state index in [1.54, 1.807) is 25.4 Å². The average Bonchev–Trinajstić information content (AvgIpc) is 2.18. The maximum atomic E-state index is 8.67. The number of ether oxygens (including phenoxy) is 1. The molecule has 0 fully saturated rings. The van der Waals surface area contributed by atoms with E-state index in [1.807, 2.05) is 6.92 Å². The topological polar surface area (TPSA) is 57.9 Å². The molecule has 0 saturated carbocycles. The first-order chi connectivity index (χ1) is 6.76. The smallest absolute Gasteiger partial charge is 0.127 e. The Morgan fingerprint density at radius 1 is 1.71 bits per heavy atom. The predicted octanol–water partition coefficient (Wildman–Crippen LogP) is 1.40. The van der Waals surface area contributed by atoms with Crippen molar-refractivity contribution in [2.24, 2.45) is 0 Å². The Morgan fingerprint density at radius 2 is 2.50 bits per heavy atom. The van der Waals surface area contributed by atoms with Gasteiger partial charge in [0.2, 0.25) is 0 Å². The zero-order valence-electron chi connectivity index (χ0n) is 8.32. The van der Waals surface area contributed by atoms with Crippen LogP contribution < -0.4 is 5.32 Å². The van der Waals surface area contributed by atoms with E-state index in [0.29, 0.717) is 18.0 Å². The highest BCUT2D eigenvalue weighted by atomic mass is 16.5. The third-order valence-electron chi connectivity index (χ3n) is 1.70. The van der Waals surface area contributed by atoms with Gasteiger partial charge in [0.25, 0.3) is 0 Å². The first-order valence-electron chi connectivity index (χ1n) is 4.38. The van der Waals surface area contributed by atoms with Crippen LogP contribution in [0, 0.1) is 11.3 Å². The highest BCUT2D eigenvalue weighted by molar-refractivity contribution is 5.42. The lowest BCUT2D eigenvalue weighted by atomic mass is 10.3. The molecule has 14 heavy (non-hydrogen) atoms. The van der Waals surface area contributed by atoms with Crippen LogP contribution in [0.4, 0.5) is 5.82 Å². The van der Waals surface area contributed by atoms with Crippen molar-refractivity contribution in [3.8, 4) is 6.07 Å². The van der Waals surface area contributed by atoms with Crippen LogP contribution in [0.1, 0.15) is 12.5 Å². The van der Waals surface area contributed by atoms with E-state index in [9.17, 15) is 0 Å². The third kappa shape index (κ3) is 3.04. The van der Waals surface area contributed by atoms with Crippen LogP contribution in [0.5, 0.6) is 0 Å². The lowest BCUT2D eigenvalue weighted by molar-refractivity contribution is 0.190. The molecule has 1 unspecified atom stereocenters. The second-order valence-electron chi connectivity index (χ2n) is 3.04. The molecule has 0 aliphatic carbocycles. The molecule has 1 aromatic heterocycles. The summed E-state index contributed by atoms with van der Waals surface area (Å²) in [6, 6.07) is 5.63. The van der Waals surface area contributed by atoms with Crippen LogP contribution in [0.3, 0.4) is 0 Å². The summed E-state index contributed by atoms with van der Waals surface area (Å²) in [6.45, 7) is 2.60. The minimum absolute atomic E-state index is 0.182. The standard InChI is InChI=1S/C10H13N3O/c1-8(7-14-2)13-10-5-9(6-11)3-4-12-10/h3-5,8H,7H2,1-2H3,(H,12,13). The fourth-order valence-corrected chi connectivity index (χ4v) is 1.12. The van der Waals surface area contributed by atoms with Gasteiger partial charge in [-0.05, 0) is 19.1 Å². The maximum absolute atomic E-state index is 8.67. The Balaban J connectivity index is 2.63. The van der Waals surface area contributed by atoms with E-state index in [0.717, 1.165) is 0 Å². The molecule has 0 radical (unpaired) electrons. The van der Waals surface area contributed by atoms with E-state index < -0.39 is 0 Å². The Kier molecular flexibility index (Phi) is 3.89. The highest BCUT2D eigenvalue weighted by Gasteiger charge is 2.02. The molecule has 0 bridgehead atoms. The number of nitrogens with zero attached hydrogens (tertiary/aromatic N) is 2. The van der Waals surface area contributed by atoms with Gasteiger partial charge in [0.15, 0.2) is 0 Å². The molecule has 4 nitrogen and oxygen atoms in total. The molecule has 0 aliphatic rings. The predicted molar refractivity (Wildman–Crippen MR) is 53.9 cm³/mol. The minimum atomic E-state index is 0.182. The molecule has 4 heteroatoms. The Labute approximate surface area is 83.5 Å². The van der Waals surface area contributed by atoms with Gasteiger partial charge < -0.3 is 10.1 Å². The summed E-state index contributed by atoms with van der Waals surface area (Å²) >= 11 is 0. The summed E-state index contributed by atoms with van der Waals surface area (Å²) in [6.07, 6.45) is 1.61. The number of methoxy groups -OCH3 is 1. The van der Waals surface area contributed by atoms with Crippen molar-refractivity contribution in [3.63, 3.8) is 0 Å². The molecular weight excluding hydrogens is 178 g/mol. The van der Waals surface area contributed by atoms with Gasteiger partial charge in [0, 0.05) is 19.3 Å². The molecule has 1 rings (SSSR count). The number of pyridine rings is 1. The van der Waals surface area contributed by atoms with Crippen LogP contribution in [-0.4, -0.2) is 24.7 Å². The van der Waals surface area contributed by atoms with Gasteiger partial charge >= 0.3 is 0 Å².